The fourth-order valence-corrected chi connectivity index (χ4v) is 1.66. The summed E-state index contributed by atoms with van der Waals surface area (Å²) in [4.78, 5) is 24.5. The van der Waals surface area contributed by atoms with E-state index in [1.54, 1.807) is 31.3 Å². The van der Waals surface area contributed by atoms with Crippen LogP contribution in [-0.2, 0) is 4.79 Å². The molecule has 0 unspecified atom stereocenters. The van der Waals surface area contributed by atoms with Crippen molar-refractivity contribution >= 4 is 11.8 Å². The molecular formula is C14H22N4O3. The number of carbonyl (C=O) groups is 2. The van der Waals surface area contributed by atoms with Gasteiger partial charge in [-0.25, -0.2) is 5.84 Å². The minimum atomic E-state index is -0.358. The van der Waals surface area contributed by atoms with Gasteiger partial charge in [0.2, 0.25) is 5.91 Å². The molecule has 0 radical (unpaired) electrons. The van der Waals surface area contributed by atoms with Gasteiger partial charge < -0.3 is 15.0 Å². The lowest BCUT2D eigenvalue weighted by Gasteiger charge is -2.16. The van der Waals surface area contributed by atoms with E-state index < -0.39 is 0 Å². The van der Waals surface area contributed by atoms with Crippen molar-refractivity contribution in [3.8, 4) is 5.75 Å². The number of nitrogens with one attached hydrogen (secondary N) is 2. The maximum atomic E-state index is 11.4. The Morgan fingerprint density at radius 1 is 1.33 bits per heavy atom. The van der Waals surface area contributed by atoms with Crippen molar-refractivity contribution < 1.29 is 14.3 Å². The molecule has 0 atom stereocenters. The quantitative estimate of drug-likeness (QED) is 0.349. The van der Waals surface area contributed by atoms with Crippen molar-refractivity contribution in [1.82, 2.24) is 15.6 Å². The second kappa shape index (κ2) is 8.93. The molecule has 0 heterocycles. The highest BCUT2D eigenvalue weighted by Gasteiger charge is 2.06. The van der Waals surface area contributed by atoms with Gasteiger partial charge in [-0.3, -0.25) is 15.0 Å². The maximum Gasteiger partial charge on any atom is 0.265 e. The molecule has 1 aromatic carbocycles. The average Bonchev–Trinajstić information content (AvgIpc) is 2.52. The number of nitrogens with two attached hydrogens (primary N) is 1. The number of ether oxygens (including phenoxy) is 1. The smallest absolute Gasteiger partial charge is 0.265 e. The molecule has 0 saturated carbocycles. The minimum Gasteiger partial charge on any atom is -0.492 e. The minimum absolute atomic E-state index is 0.0169. The third-order valence-electron chi connectivity index (χ3n) is 2.97. The van der Waals surface area contributed by atoms with E-state index in [1.807, 2.05) is 11.9 Å². The van der Waals surface area contributed by atoms with Crippen LogP contribution in [-0.4, -0.2) is 50.5 Å². The first-order chi connectivity index (χ1) is 10.1. The van der Waals surface area contributed by atoms with Crippen molar-refractivity contribution in [2.24, 2.45) is 5.84 Å². The van der Waals surface area contributed by atoms with Crippen LogP contribution in [0.2, 0.25) is 0 Å². The van der Waals surface area contributed by atoms with Crippen molar-refractivity contribution in [2.45, 2.75) is 6.42 Å². The topological polar surface area (TPSA) is 96.7 Å². The maximum absolute atomic E-state index is 11.4. The van der Waals surface area contributed by atoms with Crippen molar-refractivity contribution in [1.29, 1.82) is 0 Å². The molecule has 1 rings (SSSR count). The second-order valence-corrected chi connectivity index (χ2v) is 4.58. The lowest BCUT2D eigenvalue weighted by molar-refractivity contribution is -0.120. The summed E-state index contributed by atoms with van der Waals surface area (Å²) in [5.74, 6) is 5.35. The standard InChI is InChI=1S/C14H22N4O3/c1-16-13(19)6-7-18(2)8-9-21-12-5-3-4-11(10-12)14(20)17-15/h3-5,10H,6-9,15H2,1-2H3,(H,16,19)(H,17,20). The number of nitrogen functional groups attached to an aromatic ring is 1. The Balaban J connectivity index is 2.35. The normalized spacial score (nSPS) is 10.3. The summed E-state index contributed by atoms with van der Waals surface area (Å²) in [5.41, 5.74) is 2.52. The van der Waals surface area contributed by atoms with E-state index in [2.05, 4.69) is 10.7 Å². The summed E-state index contributed by atoms with van der Waals surface area (Å²) in [5, 5.41) is 2.58. The van der Waals surface area contributed by atoms with E-state index in [0.29, 0.717) is 37.4 Å². The van der Waals surface area contributed by atoms with Crippen LogP contribution in [0.3, 0.4) is 0 Å². The monoisotopic (exact) mass is 294 g/mol. The Morgan fingerprint density at radius 3 is 2.76 bits per heavy atom. The first-order valence-electron chi connectivity index (χ1n) is 6.69. The van der Waals surface area contributed by atoms with E-state index in [-0.39, 0.29) is 11.8 Å². The van der Waals surface area contributed by atoms with Gasteiger partial charge in [0, 0.05) is 32.1 Å². The Bertz CT molecular complexity index is 479. The van der Waals surface area contributed by atoms with Crippen molar-refractivity contribution in [3.05, 3.63) is 29.8 Å². The molecule has 0 spiro atoms. The zero-order chi connectivity index (χ0) is 15.7. The molecular weight excluding hydrogens is 272 g/mol. The summed E-state index contributed by atoms with van der Waals surface area (Å²) in [6, 6.07) is 6.80. The average molecular weight is 294 g/mol. The molecule has 0 fully saturated rings. The highest BCUT2D eigenvalue weighted by atomic mass is 16.5. The van der Waals surface area contributed by atoms with Gasteiger partial charge in [-0.15, -0.1) is 0 Å². The number of hydrazine groups is 1. The number of nitrogens with zero attached hydrogens (tertiary/aromatic N) is 1. The first-order valence-corrected chi connectivity index (χ1v) is 6.69. The molecule has 0 aliphatic carbocycles. The molecule has 7 heteroatoms. The van der Waals surface area contributed by atoms with E-state index in [9.17, 15) is 9.59 Å². The number of rotatable bonds is 8. The lowest BCUT2D eigenvalue weighted by atomic mass is 10.2. The molecule has 116 valence electrons. The Kier molecular flexibility index (Phi) is 7.20. The number of hydrogen-bond acceptors (Lipinski definition) is 5. The van der Waals surface area contributed by atoms with Crippen LogP contribution >= 0.6 is 0 Å². The van der Waals surface area contributed by atoms with Crippen LogP contribution in [0.5, 0.6) is 5.75 Å². The lowest BCUT2D eigenvalue weighted by Crippen LogP contribution is -2.30. The molecule has 0 aromatic heterocycles. The van der Waals surface area contributed by atoms with Gasteiger partial charge in [0.05, 0.1) is 0 Å². The fraction of sp³-hybridized carbons (Fsp3) is 0.429. The largest absolute Gasteiger partial charge is 0.492 e. The summed E-state index contributed by atoms with van der Waals surface area (Å²) in [6.07, 6.45) is 0.457. The number of carbonyl (C=O) groups excluding carboxylic acids is 2. The fourth-order valence-electron chi connectivity index (χ4n) is 1.66. The summed E-state index contributed by atoms with van der Waals surface area (Å²) in [6.45, 7) is 1.82. The van der Waals surface area contributed by atoms with Gasteiger partial charge in [-0.05, 0) is 25.2 Å². The molecule has 1 aromatic rings. The van der Waals surface area contributed by atoms with Gasteiger partial charge in [0.1, 0.15) is 12.4 Å². The van der Waals surface area contributed by atoms with Crippen LogP contribution < -0.4 is 21.3 Å². The molecule has 7 nitrogen and oxygen atoms in total. The third kappa shape index (κ3) is 6.24. The number of likely N-dealkylation sites (N-methyl/N-ethyl adjacent to an activating group) is 1. The number of hydrogen-bond donors (Lipinski definition) is 3. The van der Waals surface area contributed by atoms with Crippen LogP contribution in [0.15, 0.2) is 24.3 Å². The Hall–Kier alpha value is -2.12. The van der Waals surface area contributed by atoms with Crippen LogP contribution in [0, 0.1) is 0 Å². The first kappa shape index (κ1) is 16.9. The molecule has 0 saturated heterocycles. The molecule has 0 bridgehead atoms. The highest BCUT2D eigenvalue weighted by Crippen LogP contribution is 2.13. The zero-order valence-corrected chi connectivity index (χ0v) is 12.4. The van der Waals surface area contributed by atoms with Crippen LogP contribution in [0.4, 0.5) is 0 Å². The van der Waals surface area contributed by atoms with E-state index in [1.165, 1.54) is 0 Å². The van der Waals surface area contributed by atoms with Crippen LogP contribution in [0.1, 0.15) is 16.8 Å². The molecule has 4 N–H and O–H groups in total. The Morgan fingerprint density at radius 2 is 2.10 bits per heavy atom. The number of benzene rings is 1. The summed E-state index contributed by atoms with van der Waals surface area (Å²) in [7, 11) is 3.54. The molecule has 0 aliphatic rings. The van der Waals surface area contributed by atoms with E-state index in [0.717, 1.165) is 0 Å². The van der Waals surface area contributed by atoms with Crippen molar-refractivity contribution in [3.63, 3.8) is 0 Å². The third-order valence-corrected chi connectivity index (χ3v) is 2.97. The molecule has 2 amide bonds. The van der Waals surface area contributed by atoms with E-state index in [4.69, 9.17) is 10.6 Å². The number of amides is 2. The van der Waals surface area contributed by atoms with Crippen LogP contribution in [0.25, 0.3) is 0 Å². The van der Waals surface area contributed by atoms with Gasteiger partial charge in [-0.2, -0.15) is 0 Å². The Labute approximate surface area is 124 Å². The van der Waals surface area contributed by atoms with Gasteiger partial charge in [-0.1, -0.05) is 6.07 Å². The SMILES string of the molecule is CNC(=O)CCN(C)CCOc1cccc(C(=O)NN)c1. The predicted molar refractivity (Wildman–Crippen MR) is 79.8 cm³/mol. The zero-order valence-electron chi connectivity index (χ0n) is 12.4. The molecule has 0 aliphatic heterocycles. The van der Waals surface area contributed by atoms with Gasteiger partial charge in [0.15, 0.2) is 0 Å². The highest BCUT2D eigenvalue weighted by molar-refractivity contribution is 5.94. The van der Waals surface area contributed by atoms with Gasteiger partial charge in [0.25, 0.3) is 5.91 Å². The van der Waals surface area contributed by atoms with Crippen molar-refractivity contribution in [2.75, 3.05) is 33.8 Å². The molecule has 21 heavy (non-hydrogen) atoms. The van der Waals surface area contributed by atoms with E-state index >= 15 is 0 Å². The summed E-state index contributed by atoms with van der Waals surface area (Å²) < 4.78 is 5.58. The second-order valence-electron chi connectivity index (χ2n) is 4.58. The predicted octanol–water partition coefficient (Wildman–Crippen LogP) is -0.263. The summed E-state index contributed by atoms with van der Waals surface area (Å²) >= 11 is 0. The van der Waals surface area contributed by atoms with Gasteiger partial charge >= 0.3 is 0 Å².